The molecule has 0 aromatic carbocycles. The van der Waals surface area contributed by atoms with Gasteiger partial charge >= 0.3 is 5.97 Å². The number of aliphatic hydroxyl groups is 1. The first-order chi connectivity index (χ1) is 9.08. The molecule has 1 fully saturated rings. The molecule has 1 heterocycles. The Bertz CT molecular complexity index is 450. The van der Waals surface area contributed by atoms with Crippen molar-refractivity contribution in [3.63, 3.8) is 0 Å². The fourth-order valence-corrected chi connectivity index (χ4v) is 2.67. The summed E-state index contributed by atoms with van der Waals surface area (Å²) in [4.78, 5) is 17.1. The van der Waals surface area contributed by atoms with E-state index in [1.807, 2.05) is 13.1 Å². The topological polar surface area (TPSA) is 73.7 Å². The molecule has 0 spiro atoms. The van der Waals surface area contributed by atoms with Gasteiger partial charge in [-0.25, -0.2) is 9.78 Å². The van der Waals surface area contributed by atoms with Gasteiger partial charge in [0.15, 0.2) is 0 Å². The maximum Gasteiger partial charge on any atom is 0.354 e. The van der Waals surface area contributed by atoms with E-state index in [1.54, 1.807) is 6.07 Å². The number of nitrogens with zero attached hydrogens (tertiary/aromatic N) is 2. The molecule has 1 aromatic rings. The van der Waals surface area contributed by atoms with E-state index in [1.165, 1.54) is 6.07 Å². The minimum Gasteiger partial charge on any atom is -0.477 e. The zero-order chi connectivity index (χ0) is 13.8. The first-order valence-electron chi connectivity index (χ1n) is 6.65. The number of rotatable bonds is 4. The number of carboxylic acid groups (broad SMARTS) is 1. The Kier molecular flexibility index (Phi) is 4.50. The van der Waals surface area contributed by atoms with Gasteiger partial charge in [0.05, 0.1) is 11.8 Å². The smallest absolute Gasteiger partial charge is 0.354 e. The predicted octanol–water partition coefficient (Wildman–Crippen LogP) is 1.52. The highest BCUT2D eigenvalue weighted by Gasteiger charge is 2.26. The molecular weight excluding hydrogens is 244 g/mol. The molecule has 2 atom stereocenters. The second kappa shape index (κ2) is 6.12. The standard InChI is InChI=1S/C14H20N2O3/c1-16(12-7-2-3-8-13(12)17)9-10-5-4-6-11(15-10)14(18)19/h4-6,12-13,17H,2-3,7-9H2,1H3,(H,18,19)/t12-,13+/m1/s1. The molecule has 0 unspecified atom stereocenters. The van der Waals surface area contributed by atoms with Crippen molar-refractivity contribution in [2.75, 3.05) is 7.05 Å². The summed E-state index contributed by atoms with van der Waals surface area (Å²) in [5.74, 6) is -1.01. The summed E-state index contributed by atoms with van der Waals surface area (Å²) >= 11 is 0. The van der Waals surface area contributed by atoms with E-state index in [4.69, 9.17) is 5.11 Å². The van der Waals surface area contributed by atoms with E-state index in [0.29, 0.717) is 6.54 Å². The number of hydrogen-bond acceptors (Lipinski definition) is 4. The molecular formula is C14H20N2O3. The van der Waals surface area contributed by atoms with Crippen LogP contribution in [-0.2, 0) is 6.54 Å². The van der Waals surface area contributed by atoms with Crippen molar-refractivity contribution in [2.45, 2.75) is 44.4 Å². The normalized spacial score (nSPS) is 23.5. The van der Waals surface area contributed by atoms with Crippen LogP contribution in [0.25, 0.3) is 0 Å². The average Bonchev–Trinajstić information content (AvgIpc) is 2.39. The monoisotopic (exact) mass is 264 g/mol. The van der Waals surface area contributed by atoms with E-state index in [-0.39, 0.29) is 17.8 Å². The number of carboxylic acids is 1. The van der Waals surface area contributed by atoms with Gasteiger partial charge in [-0.2, -0.15) is 0 Å². The third kappa shape index (κ3) is 3.52. The molecule has 0 bridgehead atoms. The highest BCUT2D eigenvalue weighted by Crippen LogP contribution is 2.23. The van der Waals surface area contributed by atoms with Crippen LogP contribution in [0.4, 0.5) is 0 Å². The van der Waals surface area contributed by atoms with E-state index in [2.05, 4.69) is 9.88 Å². The highest BCUT2D eigenvalue weighted by atomic mass is 16.4. The number of aromatic carboxylic acids is 1. The van der Waals surface area contributed by atoms with E-state index in [9.17, 15) is 9.90 Å². The SMILES string of the molecule is CN(Cc1cccc(C(=O)O)n1)[C@@H]1CCCC[C@@H]1O. The summed E-state index contributed by atoms with van der Waals surface area (Å²) < 4.78 is 0. The summed E-state index contributed by atoms with van der Waals surface area (Å²) in [6.07, 6.45) is 3.75. The quantitative estimate of drug-likeness (QED) is 0.862. The lowest BCUT2D eigenvalue weighted by molar-refractivity contribution is 0.0282. The second-order valence-electron chi connectivity index (χ2n) is 5.15. The minimum atomic E-state index is -1.01. The molecule has 104 valence electrons. The zero-order valence-electron chi connectivity index (χ0n) is 11.1. The Hall–Kier alpha value is -1.46. The van der Waals surface area contributed by atoms with E-state index in [0.717, 1.165) is 31.4 Å². The van der Waals surface area contributed by atoms with Crippen LogP contribution >= 0.6 is 0 Å². The van der Waals surface area contributed by atoms with Crippen LogP contribution in [0.5, 0.6) is 0 Å². The van der Waals surface area contributed by atoms with Crippen molar-refractivity contribution in [1.29, 1.82) is 0 Å². The molecule has 0 amide bonds. The molecule has 1 aliphatic carbocycles. The number of pyridine rings is 1. The Morgan fingerprint density at radius 2 is 2.16 bits per heavy atom. The molecule has 19 heavy (non-hydrogen) atoms. The van der Waals surface area contributed by atoms with Crippen molar-refractivity contribution in [3.05, 3.63) is 29.6 Å². The van der Waals surface area contributed by atoms with Crippen molar-refractivity contribution in [3.8, 4) is 0 Å². The lowest BCUT2D eigenvalue weighted by Crippen LogP contribution is -2.43. The minimum absolute atomic E-state index is 0.0649. The van der Waals surface area contributed by atoms with Gasteiger partial charge in [-0.15, -0.1) is 0 Å². The van der Waals surface area contributed by atoms with Crippen LogP contribution in [0.15, 0.2) is 18.2 Å². The lowest BCUT2D eigenvalue weighted by atomic mass is 9.91. The van der Waals surface area contributed by atoms with Crippen LogP contribution in [0.3, 0.4) is 0 Å². The average molecular weight is 264 g/mol. The summed E-state index contributed by atoms with van der Waals surface area (Å²) in [6, 6.07) is 5.15. The third-order valence-corrected chi connectivity index (χ3v) is 3.70. The second-order valence-corrected chi connectivity index (χ2v) is 5.15. The fourth-order valence-electron chi connectivity index (χ4n) is 2.67. The van der Waals surface area contributed by atoms with Crippen LogP contribution in [0, 0.1) is 0 Å². The Morgan fingerprint density at radius 3 is 2.84 bits per heavy atom. The summed E-state index contributed by atoms with van der Waals surface area (Å²) in [5, 5.41) is 18.9. The van der Waals surface area contributed by atoms with Crippen LogP contribution < -0.4 is 0 Å². The molecule has 2 rings (SSSR count). The van der Waals surface area contributed by atoms with Gasteiger partial charge in [-0.3, -0.25) is 4.90 Å². The fraction of sp³-hybridized carbons (Fsp3) is 0.571. The maximum absolute atomic E-state index is 10.9. The first kappa shape index (κ1) is 14.0. The molecule has 1 saturated carbocycles. The third-order valence-electron chi connectivity index (χ3n) is 3.70. The number of likely N-dealkylation sites (N-methyl/N-ethyl adjacent to an activating group) is 1. The van der Waals surface area contributed by atoms with Crippen molar-refractivity contribution >= 4 is 5.97 Å². The van der Waals surface area contributed by atoms with E-state index >= 15 is 0 Å². The van der Waals surface area contributed by atoms with E-state index < -0.39 is 5.97 Å². The van der Waals surface area contributed by atoms with Crippen LogP contribution in [0.2, 0.25) is 0 Å². The van der Waals surface area contributed by atoms with Gasteiger partial charge in [-0.1, -0.05) is 18.9 Å². The molecule has 2 N–H and O–H groups in total. The molecule has 1 aromatic heterocycles. The number of aromatic nitrogens is 1. The van der Waals surface area contributed by atoms with Crippen LogP contribution in [-0.4, -0.2) is 45.3 Å². The van der Waals surface area contributed by atoms with Crippen molar-refractivity contribution < 1.29 is 15.0 Å². The van der Waals surface area contributed by atoms with Gasteiger partial charge in [0.25, 0.3) is 0 Å². The molecule has 0 aliphatic heterocycles. The van der Waals surface area contributed by atoms with Gasteiger partial charge in [-0.05, 0) is 32.0 Å². The molecule has 0 radical (unpaired) electrons. The van der Waals surface area contributed by atoms with Gasteiger partial charge < -0.3 is 10.2 Å². The lowest BCUT2D eigenvalue weighted by Gasteiger charge is -2.35. The van der Waals surface area contributed by atoms with Gasteiger partial charge in [0, 0.05) is 12.6 Å². The van der Waals surface area contributed by atoms with Crippen LogP contribution in [0.1, 0.15) is 41.9 Å². The summed E-state index contributed by atoms with van der Waals surface area (Å²) in [5.41, 5.74) is 0.787. The number of aliphatic hydroxyl groups excluding tert-OH is 1. The number of hydrogen-bond donors (Lipinski definition) is 2. The van der Waals surface area contributed by atoms with Gasteiger partial charge in [0.2, 0.25) is 0 Å². The summed E-state index contributed by atoms with van der Waals surface area (Å²) in [7, 11) is 1.95. The zero-order valence-corrected chi connectivity index (χ0v) is 11.1. The molecule has 5 nitrogen and oxygen atoms in total. The van der Waals surface area contributed by atoms with Crippen molar-refractivity contribution in [1.82, 2.24) is 9.88 Å². The van der Waals surface area contributed by atoms with Crippen molar-refractivity contribution in [2.24, 2.45) is 0 Å². The Balaban J connectivity index is 2.03. The maximum atomic E-state index is 10.9. The highest BCUT2D eigenvalue weighted by molar-refractivity contribution is 5.85. The summed E-state index contributed by atoms with van der Waals surface area (Å²) in [6.45, 7) is 0.558. The predicted molar refractivity (Wildman–Crippen MR) is 70.9 cm³/mol. The largest absolute Gasteiger partial charge is 0.477 e. The van der Waals surface area contributed by atoms with Gasteiger partial charge in [0.1, 0.15) is 5.69 Å². The first-order valence-corrected chi connectivity index (χ1v) is 6.65. The molecule has 5 heteroatoms. The Morgan fingerprint density at radius 1 is 1.42 bits per heavy atom. The Labute approximate surface area is 112 Å². The number of carbonyl (C=O) groups is 1. The molecule has 0 saturated heterocycles. The molecule has 1 aliphatic rings.